The highest BCUT2D eigenvalue weighted by atomic mass is 79.9. The van der Waals surface area contributed by atoms with Crippen molar-refractivity contribution in [3.8, 4) is 11.8 Å². The highest BCUT2D eigenvalue weighted by molar-refractivity contribution is 9.10. The van der Waals surface area contributed by atoms with Gasteiger partial charge in [0.2, 0.25) is 0 Å². The average Bonchev–Trinajstić information content (AvgIpc) is 2.20. The van der Waals surface area contributed by atoms with E-state index in [1.165, 1.54) is 12.0 Å². The monoisotopic (exact) mass is 251 g/mol. The van der Waals surface area contributed by atoms with Crippen molar-refractivity contribution < 1.29 is 5.11 Å². The standard InChI is InChI=1S/C11H10BrNO/c12-10-5-7-3-1-2-4-8(7)9(6-13)11(10)14/h5,14H,1-4H2. The number of aromatic hydroxyl groups is 1. The van der Waals surface area contributed by atoms with Crippen LogP contribution in [0.15, 0.2) is 10.5 Å². The van der Waals surface area contributed by atoms with Gasteiger partial charge >= 0.3 is 0 Å². The molecule has 1 aromatic carbocycles. The molecule has 1 N–H and O–H groups in total. The maximum absolute atomic E-state index is 9.68. The fraction of sp³-hybridized carbons (Fsp3) is 0.364. The Morgan fingerprint density at radius 2 is 2.07 bits per heavy atom. The molecule has 1 aliphatic rings. The molecule has 2 rings (SSSR count). The Morgan fingerprint density at radius 3 is 2.79 bits per heavy atom. The van der Waals surface area contributed by atoms with Gasteiger partial charge < -0.3 is 5.11 Å². The Labute approximate surface area is 91.3 Å². The molecule has 0 aromatic heterocycles. The van der Waals surface area contributed by atoms with Crippen LogP contribution in [0.5, 0.6) is 5.75 Å². The molecule has 1 aromatic rings. The van der Waals surface area contributed by atoms with E-state index in [2.05, 4.69) is 22.0 Å². The van der Waals surface area contributed by atoms with Crippen molar-refractivity contribution in [2.75, 3.05) is 0 Å². The number of hydrogen-bond acceptors (Lipinski definition) is 2. The quantitative estimate of drug-likeness (QED) is 0.771. The van der Waals surface area contributed by atoms with Gasteiger partial charge in [0.25, 0.3) is 0 Å². The highest BCUT2D eigenvalue weighted by Crippen LogP contribution is 2.35. The topological polar surface area (TPSA) is 44.0 Å². The Balaban J connectivity index is 2.67. The first kappa shape index (κ1) is 9.54. The lowest BCUT2D eigenvalue weighted by Crippen LogP contribution is -2.05. The first-order valence-electron chi connectivity index (χ1n) is 4.67. The second-order valence-electron chi connectivity index (χ2n) is 3.54. The van der Waals surface area contributed by atoms with Crippen LogP contribution in [-0.2, 0) is 12.8 Å². The molecule has 0 bridgehead atoms. The molecule has 0 unspecified atom stereocenters. The molecule has 0 fully saturated rings. The van der Waals surface area contributed by atoms with E-state index in [-0.39, 0.29) is 5.75 Å². The summed E-state index contributed by atoms with van der Waals surface area (Å²) in [5, 5.41) is 18.7. The number of benzene rings is 1. The maximum Gasteiger partial charge on any atom is 0.147 e. The summed E-state index contributed by atoms with van der Waals surface area (Å²) in [6, 6.07) is 4.02. The Morgan fingerprint density at radius 1 is 1.36 bits per heavy atom. The largest absolute Gasteiger partial charge is 0.505 e. The van der Waals surface area contributed by atoms with Crippen LogP contribution >= 0.6 is 15.9 Å². The van der Waals surface area contributed by atoms with Crippen LogP contribution in [0.25, 0.3) is 0 Å². The number of rotatable bonds is 0. The minimum atomic E-state index is 0.0909. The van der Waals surface area contributed by atoms with Gasteiger partial charge in [0.05, 0.1) is 10.0 Å². The van der Waals surface area contributed by atoms with Gasteiger partial charge in [-0.3, -0.25) is 0 Å². The van der Waals surface area contributed by atoms with E-state index in [0.29, 0.717) is 10.0 Å². The van der Waals surface area contributed by atoms with Gasteiger partial charge in [0.1, 0.15) is 11.8 Å². The zero-order chi connectivity index (χ0) is 10.1. The lowest BCUT2D eigenvalue weighted by atomic mass is 9.88. The van der Waals surface area contributed by atoms with Gasteiger partial charge in [0, 0.05) is 0 Å². The first-order valence-corrected chi connectivity index (χ1v) is 5.46. The summed E-state index contributed by atoms with van der Waals surface area (Å²) in [5.74, 6) is 0.0909. The van der Waals surface area contributed by atoms with Crippen molar-refractivity contribution in [2.24, 2.45) is 0 Å². The molecule has 1 aliphatic carbocycles. The smallest absolute Gasteiger partial charge is 0.147 e. The molecule has 72 valence electrons. The Hall–Kier alpha value is -1.01. The van der Waals surface area contributed by atoms with Gasteiger partial charge in [-0.15, -0.1) is 0 Å². The summed E-state index contributed by atoms with van der Waals surface area (Å²) in [5.41, 5.74) is 2.70. The van der Waals surface area contributed by atoms with Gasteiger partial charge in [-0.05, 0) is 58.8 Å². The summed E-state index contributed by atoms with van der Waals surface area (Å²) < 4.78 is 0.634. The number of nitriles is 1. The van der Waals surface area contributed by atoms with Gasteiger partial charge in [-0.25, -0.2) is 0 Å². The van der Waals surface area contributed by atoms with Crippen LogP contribution in [0.3, 0.4) is 0 Å². The molecular weight excluding hydrogens is 242 g/mol. The second-order valence-corrected chi connectivity index (χ2v) is 4.39. The normalized spacial score (nSPS) is 14.6. The van der Waals surface area contributed by atoms with E-state index in [4.69, 9.17) is 5.26 Å². The van der Waals surface area contributed by atoms with Crippen molar-refractivity contribution in [1.29, 1.82) is 5.26 Å². The van der Waals surface area contributed by atoms with Crippen LogP contribution < -0.4 is 0 Å². The fourth-order valence-electron chi connectivity index (χ4n) is 1.98. The zero-order valence-corrected chi connectivity index (χ0v) is 9.26. The van der Waals surface area contributed by atoms with E-state index in [1.54, 1.807) is 0 Å². The third kappa shape index (κ3) is 1.40. The molecule has 0 amide bonds. The third-order valence-corrected chi connectivity index (χ3v) is 3.29. The van der Waals surface area contributed by atoms with Crippen LogP contribution in [0.2, 0.25) is 0 Å². The predicted molar refractivity (Wildman–Crippen MR) is 57.2 cm³/mol. The van der Waals surface area contributed by atoms with Crippen molar-refractivity contribution in [3.63, 3.8) is 0 Å². The van der Waals surface area contributed by atoms with Crippen LogP contribution in [0.1, 0.15) is 29.5 Å². The number of nitrogens with zero attached hydrogens (tertiary/aromatic N) is 1. The molecule has 0 heterocycles. The summed E-state index contributed by atoms with van der Waals surface area (Å²) in [4.78, 5) is 0. The van der Waals surface area contributed by atoms with E-state index in [0.717, 1.165) is 24.8 Å². The lowest BCUT2D eigenvalue weighted by Gasteiger charge is -2.18. The summed E-state index contributed by atoms with van der Waals surface area (Å²) in [6.07, 6.45) is 4.22. The number of aryl methyl sites for hydroxylation is 1. The zero-order valence-electron chi connectivity index (χ0n) is 7.68. The molecule has 0 radical (unpaired) electrons. The fourth-order valence-corrected chi connectivity index (χ4v) is 2.45. The predicted octanol–water partition coefficient (Wildman–Crippen LogP) is 2.91. The molecule has 0 aliphatic heterocycles. The second kappa shape index (κ2) is 3.62. The first-order chi connectivity index (χ1) is 6.74. The van der Waals surface area contributed by atoms with E-state index in [9.17, 15) is 5.11 Å². The summed E-state index contributed by atoms with van der Waals surface area (Å²) >= 11 is 3.26. The van der Waals surface area contributed by atoms with Crippen LogP contribution in [0.4, 0.5) is 0 Å². The molecular formula is C11H10BrNO. The Kier molecular flexibility index (Phi) is 2.47. The molecule has 0 saturated carbocycles. The summed E-state index contributed by atoms with van der Waals surface area (Å²) in [6.45, 7) is 0. The van der Waals surface area contributed by atoms with Crippen molar-refractivity contribution >= 4 is 15.9 Å². The van der Waals surface area contributed by atoms with Crippen molar-refractivity contribution in [1.82, 2.24) is 0 Å². The lowest BCUT2D eigenvalue weighted by molar-refractivity contribution is 0.467. The van der Waals surface area contributed by atoms with Crippen molar-refractivity contribution in [2.45, 2.75) is 25.7 Å². The van der Waals surface area contributed by atoms with Gasteiger partial charge in [-0.2, -0.15) is 5.26 Å². The van der Waals surface area contributed by atoms with Crippen LogP contribution in [-0.4, -0.2) is 5.11 Å². The van der Waals surface area contributed by atoms with Gasteiger partial charge in [-0.1, -0.05) is 0 Å². The number of halogens is 1. The van der Waals surface area contributed by atoms with Gasteiger partial charge in [0.15, 0.2) is 0 Å². The maximum atomic E-state index is 9.68. The van der Waals surface area contributed by atoms with E-state index < -0.39 is 0 Å². The number of phenolic OH excluding ortho intramolecular Hbond substituents is 1. The molecule has 3 heteroatoms. The molecule has 0 saturated heterocycles. The molecule has 14 heavy (non-hydrogen) atoms. The summed E-state index contributed by atoms with van der Waals surface area (Å²) in [7, 11) is 0. The SMILES string of the molecule is N#Cc1c(O)c(Br)cc2c1CCCC2. The molecule has 0 atom stereocenters. The average molecular weight is 252 g/mol. The number of phenols is 1. The minimum absolute atomic E-state index is 0.0909. The number of fused-ring (bicyclic) bond motifs is 1. The van der Waals surface area contributed by atoms with E-state index >= 15 is 0 Å². The third-order valence-electron chi connectivity index (χ3n) is 2.69. The Bertz CT molecular complexity index is 420. The minimum Gasteiger partial charge on any atom is -0.505 e. The van der Waals surface area contributed by atoms with Crippen LogP contribution in [0, 0.1) is 11.3 Å². The van der Waals surface area contributed by atoms with E-state index in [1.807, 2.05) is 6.07 Å². The number of hydrogen-bond donors (Lipinski definition) is 1. The van der Waals surface area contributed by atoms with Crippen molar-refractivity contribution in [3.05, 3.63) is 27.2 Å². The molecule has 0 spiro atoms. The highest BCUT2D eigenvalue weighted by Gasteiger charge is 2.18. The molecule has 2 nitrogen and oxygen atoms in total.